The Morgan fingerprint density at radius 3 is 2.59 bits per heavy atom. The molecule has 7 heteroatoms. The van der Waals surface area contributed by atoms with E-state index in [0.717, 1.165) is 24.8 Å². The first-order chi connectivity index (χ1) is 12.9. The standard InChI is InChI=1S/C20H22N4O3/c1-20(15-7-3-2-4-8-15)9-5-6-10-24(20)19(27)18(26)23-16-11-14(17(21)25)12-22-13-16/h2-4,7-8,11-13H,5-6,9-10H2,1H3,(H2,21,25)(H,23,26)/t20-/m0/s1. The van der Waals surface area contributed by atoms with Crippen LogP contribution in [0, 0.1) is 0 Å². The average Bonchev–Trinajstić information content (AvgIpc) is 2.68. The fourth-order valence-corrected chi connectivity index (χ4v) is 3.49. The zero-order valence-corrected chi connectivity index (χ0v) is 15.1. The summed E-state index contributed by atoms with van der Waals surface area (Å²) in [6.45, 7) is 2.50. The fraction of sp³-hybridized carbons (Fsp3) is 0.300. The van der Waals surface area contributed by atoms with E-state index in [1.54, 1.807) is 4.90 Å². The molecule has 0 unspecified atom stereocenters. The van der Waals surface area contributed by atoms with E-state index in [-0.39, 0.29) is 11.3 Å². The number of aromatic nitrogens is 1. The number of benzene rings is 1. The predicted molar refractivity (Wildman–Crippen MR) is 101 cm³/mol. The number of pyridine rings is 1. The molecule has 1 saturated heterocycles. The van der Waals surface area contributed by atoms with Crippen LogP contribution < -0.4 is 11.1 Å². The van der Waals surface area contributed by atoms with E-state index < -0.39 is 23.3 Å². The predicted octanol–water partition coefficient (Wildman–Crippen LogP) is 2.05. The van der Waals surface area contributed by atoms with Crippen molar-refractivity contribution in [3.63, 3.8) is 0 Å². The molecule has 3 amide bonds. The SMILES string of the molecule is C[C@@]1(c2ccccc2)CCCCN1C(=O)C(=O)Nc1cncc(C(N)=O)c1. The Labute approximate surface area is 157 Å². The van der Waals surface area contributed by atoms with Crippen LogP contribution in [0.1, 0.15) is 42.1 Å². The lowest BCUT2D eigenvalue weighted by atomic mass is 9.82. The van der Waals surface area contributed by atoms with Gasteiger partial charge in [0, 0.05) is 12.7 Å². The molecule has 2 heterocycles. The van der Waals surface area contributed by atoms with E-state index in [0.29, 0.717) is 6.54 Å². The number of likely N-dealkylation sites (tertiary alicyclic amines) is 1. The highest BCUT2D eigenvalue weighted by atomic mass is 16.2. The summed E-state index contributed by atoms with van der Waals surface area (Å²) < 4.78 is 0. The lowest BCUT2D eigenvalue weighted by molar-refractivity contribution is -0.149. The first-order valence-corrected chi connectivity index (χ1v) is 8.85. The van der Waals surface area contributed by atoms with Crippen LogP contribution in [0.5, 0.6) is 0 Å². The Kier molecular flexibility index (Phi) is 5.21. The van der Waals surface area contributed by atoms with Gasteiger partial charge >= 0.3 is 11.8 Å². The van der Waals surface area contributed by atoms with Gasteiger partial charge in [-0.1, -0.05) is 30.3 Å². The van der Waals surface area contributed by atoms with Gasteiger partial charge in [0.05, 0.1) is 23.0 Å². The Bertz CT molecular complexity index is 869. The summed E-state index contributed by atoms with van der Waals surface area (Å²) in [6, 6.07) is 11.1. The van der Waals surface area contributed by atoms with E-state index in [2.05, 4.69) is 10.3 Å². The number of nitrogens with one attached hydrogen (secondary N) is 1. The minimum Gasteiger partial charge on any atom is -0.366 e. The number of anilines is 1. The number of hydrogen-bond donors (Lipinski definition) is 2. The molecule has 1 aromatic carbocycles. The van der Waals surface area contributed by atoms with E-state index >= 15 is 0 Å². The largest absolute Gasteiger partial charge is 0.366 e. The molecule has 0 aliphatic carbocycles. The molecule has 0 saturated carbocycles. The topological polar surface area (TPSA) is 105 Å². The van der Waals surface area contributed by atoms with Crippen LogP contribution in [0.25, 0.3) is 0 Å². The van der Waals surface area contributed by atoms with Crippen LogP contribution in [-0.4, -0.2) is 34.2 Å². The first kappa shape index (κ1) is 18.6. The smallest absolute Gasteiger partial charge is 0.313 e. The molecule has 0 bridgehead atoms. The third-order valence-electron chi connectivity index (χ3n) is 5.01. The van der Waals surface area contributed by atoms with Crippen LogP contribution in [0.3, 0.4) is 0 Å². The summed E-state index contributed by atoms with van der Waals surface area (Å²) in [6.07, 6.45) is 5.29. The third kappa shape index (κ3) is 3.81. The molecule has 7 nitrogen and oxygen atoms in total. The summed E-state index contributed by atoms with van der Waals surface area (Å²) in [5, 5.41) is 2.52. The second kappa shape index (κ2) is 7.57. The van der Waals surface area contributed by atoms with Gasteiger partial charge in [0.15, 0.2) is 0 Å². The number of primary amides is 1. The van der Waals surface area contributed by atoms with Gasteiger partial charge in [0.25, 0.3) is 0 Å². The molecular formula is C20H22N4O3. The minimum atomic E-state index is -0.762. The summed E-state index contributed by atoms with van der Waals surface area (Å²) in [4.78, 5) is 42.2. The molecule has 1 aliphatic heterocycles. The van der Waals surface area contributed by atoms with Gasteiger partial charge in [0.2, 0.25) is 5.91 Å². The highest BCUT2D eigenvalue weighted by molar-refractivity contribution is 6.39. The molecule has 2 aromatic rings. The second-order valence-electron chi connectivity index (χ2n) is 6.83. The molecular weight excluding hydrogens is 344 g/mol. The van der Waals surface area contributed by atoms with Gasteiger partial charge in [0.1, 0.15) is 0 Å². The van der Waals surface area contributed by atoms with E-state index in [4.69, 9.17) is 5.73 Å². The number of nitrogens with two attached hydrogens (primary N) is 1. The average molecular weight is 366 g/mol. The number of hydrogen-bond acceptors (Lipinski definition) is 4. The van der Waals surface area contributed by atoms with Crippen molar-refractivity contribution in [2.75, 3.05) is 11.9 Å². The van der Waals surface area contributed by atoms with E-state index in [1.807, 2.05) is 37.3 Å². The van der Waals surface area contributed by atoms with Crippen LogP contribution >= 0.6 is 0 Å². The number of piperidine rings is 1. The molecule has 140 valence electrons. The maximum Gasteiger partial charge on any atom is 0.313 e. The van der Waals surface area contributed by atoms with Gasteiger partial charge in [-0.05, 0) is 37.8 Å². The lowest BCUT2D eigenvalue weighted by Gasteiger charge is -2.45. The summed E-state index contributed by atoms with van der Waals surface area (Å²) in [5.74, 6) is -2.02. The van der Waals surface area contributed by atoms with Crippen molar-refractivity contribution in [3.8, 4) is 0 Å². The minimum absolute atomic E-state index is 0.160. The highest BCUT2D eigenvalue weighted by Crippen LogP contribution is 2.37. The molecule has 3 N–H and O–H groups in total. The van der Waals surface area contributed by atoms with Crippen molar-refractivity contribution in [2.24, 2.45) is 5.73 Å². The van der Waals surface area contributed by atoms with E-state index in [9.17, 15) is 14.4 Å². The van der Waals surface area contributed by atoms with Crippen LogP contribution in [-0.2, 0) is 15.1 Å². The van der Waals surface area contributed by atoms with E-state index in [1.165, 1.54) is 18.5 Å². The maximum atomic E-state index is 12.9. The van der Waals surface area contributed by atoms with Crippen molar-refractivity contribution in [3.05, 3.63) is 59.9 Å². The Morgan fingerprint density at radius 1 is 1.15 bits per heavy atom. The molecule has 1 aromatic heterocycles. The monoisotopic (exact) mass is 366 g/mol. The highest BCUT2D eigenvalue weighted by Gasteiger charge is 2.41. The van der Waals surface area contributed by atoms with Gasteiger partial charge in [-0.25, -0.2) is 0 Å². The van der Waals surface area contributed by atoms with Crippen molar-refractivity contribution in [1.82, 2.24) is 9.88 Å². The van der Waals surface area contributed by atoms with Crippen LogP contribution in [0.4, 0.5) is 5.69 Å². The van der Waals surface area contributed by atoms with Gasteiger partial charge < -0.3 is 16.0 Å². The van der Waals surface area contributed by atoms with Gasteiger partial charge in [-0.15, -0.1) is 0 Å². The third-order valence-corrected chi connectivity index (χ3v) is 5.01. The van der Waals surface area contributed by atoms with Crippen molar-refractivity contribution >= 4 is 23.4 Å². The zero-order chi connectivity index (χ0) is 19.4. The summed E-state index contributed by atoms with van der Waals surface area (Å²) >= 11 is 0. The first-order valence-electron chi connectivity index (χ1n) is 8.85. The second-order valence-corrected chi connectivity index (χ2v) is 6.83. The Morgan fingerprint density at radius 2 is 1.89 bits per heavy atom. The number of carbonyl (C=O) groups is 3. The lowest BCUT2D eigenvalue weighted by Crippen LogP contribution is -2.53. The number of amides is 3. The number of carbonyl (C=O) groups excluding carboxylic acids is 3. The van der Waals surface area contributed by atoms with Crippen LogP contribution in [0.15, 0.2) is 48.8 Å². The summed E-state index contributed by atoms with van der Waals surface area (Å²) in [5.41, 5.74) is 6.10. The Balaban J connectivity index is 1.81. The molecule has 1 atom stereocenters. The molecule has 3 rings (SSSR count). The maximum absolute atomic E-state index is 12.9. The van der Waals surface area contributed by atoms with Crippen LogP contribution in [0.2, 0.25) is 0 Å². The van der Waals surface area contributed by atoms with Crippen molar-refractivity contribution < 1.29 is 14.4 Å². The quantitative estimate of drug-likeness (QED) is 0.811. The molecule has 1 aliphatic rings. The number of nitrogens with zero attached hydrogens (tertiary/aromatic N) is 2. The Hall–Kier alpha value is -3.22. The fourth-order valence-electron chi connectivity index (χ4n) is 3.49. The van der Waals surface area contributed by atoms with Crippen molar-refractivity contribution in [2.45, 2.75) is 31.7 Å². The van der Waals surface area contributed by atoms with Crippen molar-refractivity contribution in [1.29, 1.82) is 0 Å². The zero-order valence-electron chi connectivity index (χ0n) is 15.1. The molecule has 0 spiro atoms. The molecule has 1 fully saturated rings. The normalized spacial score (nSPS) is 19.4. The molecule has 27 heavy (non-hydrogen) atoms. The summed E-state index contributed by atoms with van der Waals surface area (Å²) in [7, 11) is 0. The van der Waals surface area contributed by atoms with Gasteiger partial charge in [-0.3, -0.25) is 19.4 Å². The number of rotatable bonds is 3. The molecule has 0 radical (unpaired) electrons. The van der Waals surface area contributed by atoms with Gasteiger partial charge in [-0.2, -0.15) is 0 Å².